The van der Waals surface area contributed by atoms with Gasteiger partial charge in [-0.05, 0) is 55.5 Å². The van der Waals surface area contributed by atoms with Crippen molar-refractivity contribution in [3.8, 4) is 0 Å². The number of sulfonamides is 1. The van der Waals surface area contributed by atoms with Crippen LogP contribution in [0.2, 0.25) is 0 Å². The number of amides is 1. The molecule has 28 heavy (non-hydrogen) atoms. The van der Waals surface area contributed by atoms with Crippen LogP contribution in [0.5, 0.6) is 0 Å². The zero-order valence-corrected chi connectivity index (χ0v) is 18.0. The van der Waals surface area contributed by atoms with E-state index >= 15 is 0 Å². The lowest BCUT2D eigenvalue weighted by Crippen LogP contribution is -2.32. The third kappa shape index (κ3) is 3.98. The number of rotatable bonds is 5. The molecule has 2 aromatic rings. The lowest BCUT2D eigenvalue weighted by molar-refractivity contribution is -0.121. The second kappa shape index (κ2) is 7.68. The molecular formula is C22H28N2O3S. The number of fused-ring (bicyclic) bond motifs is 1. The lowest BCUT2D eigenvalue weighted by atomic mass is 10.1. The monoisotopic (exact) mass is 400 g/mol. The predicted molar refractivity (Wildman–Crippen MR) is 112 cm³/mol. The van der Waals surface area contributed by atoms with E-state index in [1.165, 1.54) is 0 Å². The molecule has 0 bridgehead atoms. The smallest absolute Gasteiger partial charge is 0.241 e. The van der Waals surface area contributed by atoms with Gasteiger partial charge >= 0.3 is 0 Å². The molecule has 1 aliphatic heterocycles. The van der Waals surface area contributed by atoms with Gasteiger partial charge in [0, 0.05) is 24.7 Å². The summed E-state index contributed by atoms with van der Waals surface area (Å²) >= 11 is 0. The first-order valence-electron chi connectivity index (χ1n) is 9.61. The Hall–Kier alpha value is -2.18. The highest BCUT2D eigenvalue weighted by Gasteiger charge is 2.26. The summed E-state index contributed by atoms with van der Waals surface area (Å²) < 4.78 is 28.4. The van der Waals surface area contributed by atoms with E-state index in [0.717, 1.165) is 39.9 Å². The molecular weight excluding hydrogens is 372 g/mol. The van der Waals surface area contributed by atoms with E-state index in [-0.39, 0.29) is 18.4 Å². The molecule has 1 aliphatic rings. The summed E-state index contributed by atoms with van der Waals surface area (Å²) in [7, 11) is -3.60. The summed E-state index contributed by atoms with van der Waals surface area (Å²) in [6.45, 7) is 10.3. The second-order valence-corrected chi connectivity index (χ2v) is 9.61. The fourth-order valence-electron chi connectivity index (χ4n) is 3.95. The molecule has 0 atom stereocenters. The summed E-state index contributed by atoms with van der Waals surface area (Å²) in [6.07, 6.45) is 0.796. The Morgan fingerprint density at radius 1 is 1.11 bits per heavy atom. The minimum Gasteiger partial charge on any atom is -0.312 e. The molecule has 0 aliphatic carbocycles. The van der Waals surface area contributed by atoms with Crippen molar-refractivity contribution in [1.29, 1.82) is 0 Å². The number of nitrogens with one attached hydrogen (secondary N) is 1. The van der Waals surface area contributed by atoms with E-state index in [4.69, 9.17) is 0 Å². The van der Waals surface area contributed by atoms with Crippen LogP contribution < -0.4 is 9.62 Å². The number of benzene rings is 2. The van der Waals surface area contributed by atoms with Gasteiger partial charge in [0.2, 0.25) is 15.9 Å². The van der Waals surface area contributed by atoms with Gasteiger partial charge < -0.3 is 4.90 Å². The van der Waals surface area contributed by atoms with Crippen molar-refractivity contribution in [2.75, 3.05) is 11.4 Å². The van der Waals surface area contributed by atoms with Crippen molar-refractivity contribution in [2.45, 2.75) is 52.5 Å². The molecule has 2 aromatic carbocycles. The predicted octanol–water partition coefficient (Wildman–Crippen LogP) is 3.64. The Morgan fingerprint density at radius 3 is 2.36 bits per heavy atom. The van der Waals surface area contributed by atoms with Crippen molar-refractivity contribution in [3.05, 3.63) is 58.1 Å². The average Bonchev–Trinajstić information content (AvgIpc) is 3.01. The van der Waals surface area contributed by atoms with Crippen LogP contribution in [0.1, 0.15) is 41.7 Å². The first-order valence-corrected chi connectivity index (χ1v) is 11.1. The van der Waals surface area contributed by atoms with Gasteiger partial charge in [-0.15, -0.1) is 0 Å². The third-order valence-electron chi connectivity index (χ3n) is 5.14. The van der Waals surface area contributed by atoms with E-state index in [1.54, 1.807) is 0 Å². The first-order chi connectivity index (χ1) is 13.1. The first kappa shape index (κ1) is 20.6. The molecule has 0 saturated heterocycles. The van der Waals surface area contributed by atoms with Crippen molar-refractivity contribution in [2.24, 2.45) is 5.92 Å². The molecule has 0 saturated carbocycles. The van der Waals surface area contributed by atoms with Crippen LogP contribution >= 0.6 is 0 Å². The molecule has 0 radical (unpaired) electrons. The molecule has 3 rings (SSSR count). The molecule has 0 aromatic heterocycles. The maximum atomic E-state index is 12.8. The number of aryl methyl sites for hydroxylation is 3. The topological polar surface area (TPSA) is 66.5 Å². The highest BCUT2D eigenvalue weighted by Crippen LogP contribution is 2.30. The fourth-order valence-corrected chi connectivity index (χ4v) is 5.41. The Kier molecular flexibility index (Phi) is 5.64. The standard InChI is InChI=1S/C22H28N2O3S/c1-14(2)22(25)24-9-8-19-12-18(6-7-20(19)24)13-23-28(26,27)21-16(4)10-15(3)11-17(21)5/h6-7,10-12,14,23H,8-9,13H2,1-5H3. The molecule has 0 fully saturated rings. The van der Waals surface area contributed by atoms with Crippen LogP contribution in [0.4, 0.5) is 5.69 Å². The van der Waals surface area contributed by atoms with Gasteiger partial charge in [-0.1, -0.05) is 43.7 Å². The Balaban J connectivity index is 1.78. The number of anilines is 1. The number of hydrogen-bond donors (Lipinski definition) is 1. The minimum absolute atomic E-state index is 0.0431. The summed E-state index contributed by atoms with van der Waals surface area (Å²) in [4.78, 5) is 14.5. The Morgan fingerprint density at radius 2 is 1.75 bits per heavy atom. The summed E-state index contributed by atoms with van der Waals surface area (Å²) in [5, 5.41) is 0. The van der Waals surface area contributed by atoms with Crippen molar-refractivity contribution < 1.29 is 13.2 Å². The van der Waals surface area contributed by atoms with Crippen molar-refractivity contribution in [1.82, 2.24) is 4.72 Å². The Bertz CT molecular complexity index is 1000. The molecule has 0 unspecified atom stereocenters. The van der Waals surface area contributed by atoms with Gasteiger partial charge in [-0.3, -0.25) is 4.79 Å². The van der Waals surface area contributed by atoms with Crippen molar-refractivity contribution in [3.63, 3.8) is 0 Å². The van der Waals surface area contributed by atoms with Gasteiger partial charge in [0.25, 0.3) is 0 Å². The maximum Gasteiger partial charge on any atom is 0.241 e. The van der Waals surface area contributed by atoms with E-state index in [0.29, 0.717) is 11.4 Å². The maximum absolute atomic E-state index is 12.8. The highest BCUT2D eigenvalue weighted by molar-refractivity contribution is 7.89. The van der Waals surface area contributed by atoms with Crippen LogP contribution in [-0.4, -0.2) is 20.9 Å². The van der Waals surface area contributed by atoms with Crippen molar-refractivity contribution >= 4 is 21.6 Å². The number of hydrogen-bond acceptors (Lipinski definition) is 3. The van der Waals surface area contributed by atoms with E-state index < -0.39 is 10.0 Å². The van der Waals surface area contributed by atoms with Crippen LogP contribution in [0.3, 0.4) is 0 Å². The zero-order chi connectivity index (χ0) is 20.6. The molecule has 1 N–H and O–H groups in total. The second-order valence-electron chi connectivity index (χ2n) is 7.91. The molecule has 150 valence electrons. The largest absolute Gasteiger partial charge is 0.312 e. The minimum atomic E-state index is -3.60. The van der Waals surface area contributed by atoms with Gasteiger partial charge in [0.15, 0.2) is 0 Å². The van der Waals surface area contributed by atoms with Gasteiger partial charge in [0.05, 0.1) is 4.90 Å². The van der Waals surface area contributed by atoms with Gasteiger partial charge in [-0.25, -0.2) is 13.1 Å². The normalized spacial score (nSPS) is 13.9. The number of carbonyl (C=O) groups excluding carboxylic acids is 1. The zero-order valence-electron chi connectivity index (χ0n) is 17.2. The van der Waals surface area contributed by atoms with Crippen LogP contribution in [0.15, 0.2) is 35.2 Å². The van der Waals surface area contributed by atoms with Crippen LogP contribution in [0, 0.1) is 26.7 Å². The Labute approximate surface area is 167 Å². The summed E-state index contributed by atoms with van der Waals surface area (Å²) in [5.74, 6) is 0.0796. The fraction of sp³-hybridized carbons (Fsp3) is 0.409. The SMILES string of the molecule is Cc1cc(C)c(S(=O)(=O)NCc2ccc3c(c2)CCN3C(=O)C(C)C)c(C)c1. The molecule has 5 nitrogen and oxygen atoms in total. The lowest BCUT2D eigenvalue weighted by Gasteiger charge is -2.19. The number of carbonyl (C=O) groups is 1. The molecule has 1 amide bonds. The summed E-state index contributed by atoms with van der Waals surface area (Å²) in [5.41, 5.74) is 5.48. The highest BCUT2D eigenvalue weighted by atomic mass is 32.2. The van der Waals surface area contributed by atoms with Crippen LogP contribution in [-0.2, 0) is 27.8 Å². The quantitative estimate of drug-likeness (QED) is 0.833. The van der Waals surface area contributed by atoms with E-state index in [1.807, 2.05) is 69.9 Å². The third-order valence-corrected chi connectivity index (χ3v) is 6.84. The molecule has 0 spiro atoms. The van der Waals surface area contributed by atoms with Gasteiger partial charge in [0.1, 0.15) is 0 Å². The van der Waals surface area contributed by atoms with E-state index in [9.17, 15) is 13.2 Å². The molecule has 1 heterocycles. The molecule has 6 heteroatoms. The number of nitrogens with zero attached hydrogens (tertiary/aromatic N) is 1. The average molecular weight is 401 g/mol. The van der Waals surface area contributed by atoms with E-state index in [2.05, 4.69) is 4.72 Å². The van der Waals surface area contributed by atoms with Crippen LogP contribution in [0.25, 0.3) is 0 Å². The summed E-state index contributed by atoms with van der Waals surface area (Å²) in [6, 6.07) is 9.59. The van der Waals surface area contributed by atoms with Gasteiger partial charge in [-0.2, -0.15) is 0 Å².